The van der Waals surface area contributed by atoms with Gasteiger partial charge in [0.05, 0.1) is 13.1 Å². The van der Waals surface area contributed by atoms with Gasteiger partial charge in [0.2, 0.25) is 0 Å². The summed E-state index contributed by atoms with van der Waals surface area (Å²) in [5.41, 5.74) is 0. The molecule has 0 aromatic heterocycles. The molecule has 0 bridgehead atoms. The number of nitrogens with zero attached hydrogens (tertiary/aromatic N) is 2. The fourth-order valence-electron chi connectivity index (χ4n) is 0.751. The first-order valence-corrected chi connectivity index (χ1v) is 3.78. The maximum Gasteiger partial charge on any atom is 0.504 e. The first-order valence-electron chi connectivity index (χ1n) is 3.78. The normalized spacial score (nSPS) is 15.3. The highest BCUT2D eigenvalue weighted by Crippen LogP contribution is 1.99. The molecule has 66 valence electrons. The molecule has 0 atom stereocenters. The lowest BCUT2D eigenvalue weighted by Crippen LogP contribution is -2.80. The second-order valence-corrected chi connectivity index (χ2v) is 2.49. The Kier molecular flexibility index (Phi) is 4.99. The molecular formula is C6H10BF2N3. The Morgan fingerprint density at radius 2 is 1.50 bits per heavy atom. The summed E-state index contributed by atoms with van der Waals surface area (Å²) in [6, 6.07) is 0. The van der Waals surface area contributed by atoms with E-state index in [0.29, 0.717) is 11.9 Å². The van der Waals surface area contributed by atoms with Crippen molar-refractivity contribution in [2.24, 2.45) is 0 Å². The van der Waals surface area contributed by atoms with Gasteiger partial charge < -0.3 is 13.9 Å². The van der Waals surface area contributed by atoms with Gasteiger partial charge in [-0.1, -0.05) is 11.9 Å². The molecule has 1 rings (SSSR count). The molecular weight excluding hydrogens is 163 g/mol. The first-order chi connectivity index (χ1) is 5.62. The lowest BCUT2D eigenvalue weighted by molar-refractivity contribution is -0.635. The number of nitriles is 2. The summed E-state index contributed by atoms with van der Waals surface area (Å²) in [5, 5.41) is 17.2. The second-order valence-electron chi connectivity index (χ2n) is 2.49. The van der Waals surface area contributed by atoms with Crippen molar-refractivity contribution in [1.29, 1.82) is 10.5 Å². The summed E-state index contributed by atoms with van der Waals surface area (Å²) in [6.45, 7) is -1.61. The van der Waals surface area contributed by atoms with Crippen molar-refractivity contribution in [2.75, 3.05) is 13.1 Å². The van der Waals surface area contributed by atoms with E-state index >= 15 is 0 Å². The fraction of sp³-hybridized carbons (Fsp3) is 0.667. The van der Waals surface area contributed by atoms with Gasteiger partial charge in [0.1, 0.15) is 0 Å². The van der Waals surface area contributed by atoms with Crippen LogP contribution in [-0.2, 0) is 0 Å². The summed E-state index contributed by atoms with van der Waals surface area (Å²) in [7, 11) is 0. The van der Waals surface area contributed by atoms with Crippen molar-refractivity contribution in [3.63, 3.8) is 0 Å². The quantitative estimate of drug-likeness (QED) is 0.517. The average molecular weight is 173 g/mol. The van der Waals surface area contributed by atoms with Crippen LogP contribution in [0.25, 0.3) is 0 Å². The van der Waals surface area contributed by atoms with Crippen LogP contribution in [0.3, 0.4) is 0 Å². The third-order valence-corrected chi connectivity index (χ3v) is 1.39. The molecule has 12 heavy (non-hydrogen) atoms. The van der Waals surface area contributed by atoms with Gasteiger partial charge in [0, 0.05) is 12.8 Å². The van der Waals surface area contributed by atoms with Gasteiger partial charge in [-0.15, -0.1) is 0 Å². The Morgan fingerprint density at radius 1 is 1.08 bits per heavy atom. The maximum absolute atomic E-state index is 11.2. The highest BCUT2D eigenvalue weighted by molar-refractivity contribution is 6.81. The van der Waals surface area contributed by atoms with Crippen molar-refractivity contribution in [2.45, 2.75) is 12.8 Å². The second kappa shape index (κ2) is 5.51. The van der Waals surface area contributed by atoms with Gasteiger partial charge in [-0.2, -0.15) is 0 Å². The Hall–Kier alpha value is -1.14. The van der Waals surface area contributed by atoms with E-state index in [-0.39, 0.29) is 0 Å². The molecule has 1 fully saturated rings. The topological polar surface area (TPSA) is 64.2 Å². The highest BCUT2D eigenvalue weighted by atomic mass is 19.2. The van der Waals surface area contributed by atoms with Crippen LogP contribution in [0.4, 0.5) is 8.63 Å². The minimum Gasteiger partial charge on any atom is -0.453 e. The Labute approximate surface area is 70.0 Å². The lowest BCUT2D eigenvalue weighted by atomic mass is 9.70. The summed E-state index contributed by atoms with van der Waals surface area (Å²) >= 11 is 0. The van der Waals surface area contributed by atoms with Crippen LogP contribution in [0.1, 0.15) is 12.8 Å². The number of halogens is 2. The summed E-state index contributed by atoms with van der Waals surface area (Å²) < 4.78 is 22.4. The van der Waals surface area contributed by atoms with Crippen LogP contribution in [0.15, 0.2) is 0 Å². The SMILES string of the molecule is C1CC[NH2+]C1.N#C[B-](F)(F)C#N. The van der Waals surface area contributed by atoms with Gasteiger partial charge in [0.25, 0.3) is 0 Å². The molecule has 0 aliphatic carbocycles. The number of nitrogens with two attached hydrogens (primary N) is 1. The largest absolute Gasteiger partial charge is 0.504 e. The Morgan fingerprint density at radius 3 is 1.58 bits per heavy atom. The molecule has 2 N–H and O–H groups in total. The molecule has 0 spiro atoms. The van der Waals surface area contributed by atoms with E-state index in [0.717, 1.165) is 0 Å². The molecule has 3 nitrogen and oxygen atoms in total. The smallest absolute Gasteiger partial charge is 0.453 e. The molecule has 0 aromatic carbocycles. The van der Waals surface area contributed by atoms with E-state index < -0.39 is 6.70 Å². The third kappa shape index (κ3) is 5.63. The van der Waals surface area contributed by atoms with E-state index in [1.807, 2.05) is 0 Å². The number of quaternary nitrogens is 1. The van der Waals surface area contributed by atoms with E-state index in [1.54, 1.807) is 0 Å². The summed E-state index contributed by atoms with van der Waals surface area (Å²) in [6.07, 6.45) is 2.89. The monoisotopic (exact) mass is 173 g/mol. The van der Waals surface area contributed by atoms with Crippen LogP contribution >= 0.6 is 0 Å². The van der Waals surface area contributed by atoms with Gasteiger partial charge >= 0.3 is 6.70 Å². The zero-order valence-electron chi connectivity index (χ0n) is 6.63. The van der Waals surface area contributed by atoms with Crippen LogP contribution < -0.4 is 5.32 Å². The van der Waals surface area contributed by atoms with Crippen molar-refractivity contribution in [1.82, 2.24) is 0 Å². The maximum atomic E-state index is 11.2. The molecule has 0 radical (unpaired) electrons. The van der Waals surface area contributed by atoms with Crippen molar-refractivity contribution in [3.05, 3.63) is 0 Å². The van der Waals surface area contributed by atoms with Crippen molar-refractivity contribution < 1.29 is 13.9 Å². The number of hydrogen-bond acceptors (Lipinski definition) is 2. The zero-order valence-corrected chi connectivity index (χ0v) is 6.63. The standard InChI is InChI=1S/C4H9N.C2BF2N2/c1-2-4-5-3-1;4-3(5,1-6)2-7/h5H,1-4H2;/q;-1/p+1. The molecule has 6 heteroatoms. The van der Waals surface area contributed by atoms with Gasteiger partial charge in [-0.05, 0) is 0 Å². The van der Waals surface area contributed by atoms with Crippen LogP contribution in [0.5, 0.6) is 0 Å². The van der Waals surface area contributed by atoms with Gasteiger partial charge in [-0.25, -0.2) is 10.5 Å². The zero-order chi connectivity index (χ0) is 9.45. The molecule has 1 aliphatic rings. The number of rotatable bonds is 0. The summed E-state index contributed by atoms with van der Waals surface area (Å²) in [4.78, 5) is 0. The van der Waals surface area contributed by atoms with Crippen LogP contribution in [0.2, 0.25) is 0 Å². The Balaban J connectivity index is 0.000000211. The first kappa shape index (κ1) is 10.9. The van der Waals surface area contributed by atoms with Crippen molar-refractivity contribution in [3.8, 4) is 11.9 Å². The molecule has 0 amide bonds. The summed E-state index contributed by atoms with van der Waals surface area (Å²) in [5.74, 6) is 1.12. The van der Waals surface area contributed by atoms with Gasteiger partial charge in [-0.3, -0.25) is 0 Å². The van der Waals surface area contributed by atoms with E-state index in [2.05, 4.69) is 5.32 Å². The van der Waals surface area contributed by atoms with Crippen molar-refractivity contribution >= 4 is 6.70 Å². The van der Waals surface area contributed by atoms with Gasteiger partial charge in [0.15, 0.2) is 0 Å². The molecule has 0 saturated carbocycles. The Bertz CT molecular complexity index is 178. The highest BCUT2D eigenvalue weighted by Gasteiger charge is 2.20. The third-order valence-electron chi connectivity index (χ3n) is 1.39. The van der Waals surface area contributed by atoms with E-state index in [9.17, 15) is 8.63 Å². The molecule has 0 unspecified atom stereocenters. The van der Waals surface area contributed by atoms with Crippen LogP contribution in [0, 0.1) is 22.5 Å². The minimum absolute atomic E-state index is 0.559. The van der Waals surface area contributed by atoms with E-state index in [4.69, 9.17) is 10.5 Å². The molecule has 1 aliphatic heterocycles. The van der Waals surface area contributed by atoms with E-state index in [1.165, 1.54) is 25.9 Å². The predicted molar refractivity (Wildman–Crippen MR) is 40.1 cm³/mol. The molecule has 1 saturated heterocycles. The number of hydrogen-bond donors (Lipinski definition) is 1. The molecule has 0 aromatic rings. The molecule has 1 heterocycles. The predicted octanol–water partition coefficient (Wildman–Crippen LogP) is -0.163. The minimum atomic E-state index is -4.36. The lowest BCUT2D eigenvalue weighted by Gasteiger charge is -1.97. The fourth-order valence-corrected chi connectivity index (χ4v) is 0.751. The van der Waals surface area contributed by atoms with Crippen LogP contribution in [-0.4, -0.2) is 19.8 Å². The average Bonchev–Trinajstić information content (AvgIpc) is 2.62.